The summed E-state index contributed by atoms with van der Waals surface area (Å²) in [6.45, 7) is 2.86. The van der Waals surface area contributed by atoms with Gasteiger partial charge in [-0.15, -0.1) is 11.3 Å². The Hall–Kier alpha value is -0.960. The van der Waals surface area contributed by atoms with Gasteiger partial charge in [-0.1, -0.05) is 0 Å². The molecule has 3 heterocycles. The maximum Gasteiger partial charge on any atom is 0.252 e. The topological polar surface area (TPSA) is 78.5 Å². The number of amides is 1. The van der Waals surface area contributed by atoms with Crippen molar-refractivity contribution in [2.75, 3.05) is 26.2 Å². The zero-order valence-electron chi connectivity index (χ0n) is 13.1. The highest BCUT2D eigenvalue weighted by molar-refractivity contribution is 7.91. The second-order valence-corrected chi connectivity index (χ2v) is 9.44. The summed E-state index contributed by atoms with van der Waals surface area (Å²) in [6.07, 6.45) is 4.34. The Balaban J connectivity index is 1.55. The maximum absolute atomic E-state index is 12.5. The van der Waals surface area contributed by atoms with Crippen LogP contribution < -0.4 is 10.6 Å². The van der Waals surface area contributed by atoms with Crippen LogP contribution >= 0.6 is 11.3 Å². The van der Waals surface area contributed by atoms with Crippen molar-refractivity contribution in [3.63, 3.8) is 0 Å². The predicted molar refractivity (Wildman–Crippen MR) is 90.1 cm³/mol. The molecule has 2 saturated heterocycles. The molecule has 2 aliphatic heterocycles. The number of nitrogens with zero attached hydrogens (tertiary/aromatic N) is 1. The lowest BCUT2D eigenvalue weighted by Crippen LogP contribution is -2.37. The highest BCUT2D eigenvalue weighted by atomic mass is 32.2. The third-order valence-electron chi connectivity index (χ3n) is 4.34. The van der Waals surface area contributed by atoms with Gasteiger partial charge in [0.1, 0.15) is 4.21 Å². The van der Waals surface area contributed by atoms with Gasteiger partial charge < -0.3 is 10.6 Å². The van der Waals surface area contributed by atoms with E-state index in [1.165, 1.54) is 15.6 Å². The first-order chi connectivity index (χ1) is 11.1. The number of carbonyl (C=O) groups is 1. The Morgan fingerprint density at radius 1 is 1.30 bits per heavy atom. The molecule has 128 valence electrons. The molecule has 2 N–H and O–H groups in total. The summed E-state index contributed by atoms with van der Waals surface area (Å²) in [5.41, 5.74) is 0. The van der Waals surface area contributed by atoms with Crippen molar-refractivity contribution in [1.29, 1.82) is 0 Å². The van der Waals surface area contributed by atoms with Gasteiger partial charge in [0.25, 0.3) is 10.0 Å². The van der Waals surface area contributed by atoms with Crippen molar-refractivity contribution in [2.45, 2.75) is 42.4 Å². The molecule has 6 nitrogen and oxygen atoms in total. The lowest BCUT2D eigenvalue weighted by molar-refractivity contribution is -0.120. The van der Waals surface area contributed by atoms with Crippen LogP contribution in [0.5, 0.6) is 0 Å². The van der Waals surface area contributed by atoms with Gasteiger partial charge >= 0.3 is 0 Å². The van der Waals surface area contributed by atoms with Crippen LogP contribution in [0.25, 0.3) is 0 Å². The second kappa shape index (κ2) is 7.29. The van der Waals surface area contributed by atoms with Gasteiger partial charge in [0, 0.05) is 30.6 Å². The van der Waals surface area contributed by atoms with E-state index in [2.05, 4.69) is 10.6 Å². The summed E-state index contributed by atoms with van der Waals surface area (Å²) >= 11 is 1.21. The molecule has 2 aliphatic rings. The molecule has 3 rings (SSSR count). The first-order valence-electron chi connectivity index (χ1n) is 8.14. The molecule has 1 aromatic heterocycles. The quantitative estimate of drug-likeness (QED) is 0.794. The van der Waals surface area contributed by atoms with Crippen LogP contribution in [-0.2, 0) is 21.2 Å². The van der Waals surface area contributed by atoms with E-state index in [0.29, 0.717) is 29.9 Å². The smallest absolute Gasteiger partial charge is 0.252 e. The fourth-order valence-corrected chi connectivity index (χ4v) is 6.06. The van der Waals surface area contributed by atoms with Crippen LogP contribution in [0.1, 0.15) is 30.6 Å². The summed E-state index contributed by atoms with van der Waals surface area (Å²) in [5.74, 6) is -0.0503. The number of thiophene rings is 1. The van der Waals surface area contributed by atoms with E-state index in [0.717, 1.165) is 37.1 Å². The molecule has 0 radical (unpaired) electrons. The van der Waals surface area contributed by atoms with E-state index in [4.69, 9.17) is 0 Å². The molecular weight excluding hydrogens is 334 g/mol. The second-order valence-electron chi connectivity index (χ2n) is 6.11. The van der Waals surface area contributed by atoms with E-state index >= 15 is 0 Å². The van der Waals surface area contributed by atoms with Gasteiger partial charge in [0.15, 0.2) is 0 Å². The fourth-order valence-electron chi connectivity index (χ4n) is 3.04. The van der Waals surface area contributed by atoms with Gasteiger partial charge in [0.2, 0.25) is 5.91 Å². The van der Waals surface area contributed by atoms with E-state index < -0.39 is 10.0 Å². The maximum atomic E-state index is 12.5. The van der Waals surface area contributed by atoms with Crippen LogP contribution in [0, 0.1) is 0 Å². The highest BCUT2D eigenvalue weighted by Gasteiger charge is 2.28. The Labute approximate surface area is 141 Å². The average molecular weight is 358 g/mol. The molecule has 0 bridgehead atoms. The molecule has 1 unspecified atom stereocenters. The summed E-state index contributed by atoms with van der Waals surface area (Å²) in [7, 11) is -3.37. The van der Waals surface area contributed by atoms with Gasteiger partial charge in [-0.3, -0.25) is 4.79 Å². The minimum absolute atomic E-state index is 0.0503. The Bertz CT molecular complexity index is 645. The zero-order valence-corrected chi connectivity index (χ0v) is 14.7. The summed E-state index contributed by atoms with van der Waals surface area (Å²) < 4.78 is 26.8. The zero-order chi connectivity index (χ0) is 16.3. The molecule has 2 fully saturated rings. The molecule has 0 saturated carbocycles. The van der Waals surface area contributed by atoms with Crippen LogP contribution in [0.2, 0.25) is 0 Å². The number of nitrogens with one attached hydrogen (secondary N) is 2. The van der Waals surface area contributed by atoms with Crippen molar-refractivity contribution in [1.82, 2.24) is 14.9 Å². The molecule has 1 amide bonds. The summed E-state index contributed by atoms with van der Waals surface area (Å²) in [4.78, 5) is 12.8. The van der Waals surface area contributed by atoms with Crippen LogP contribution in [0.15, 0.2) is 16.3 Å². The lowest BCUT2D eigenvalue weighted by Gasteiger charge is -2.13. The monoisotopic (exact) mass is 357 g/mol. The predicted octanol–water partition coefficient (Wildman–Crippen LogP) is 0.943. The fraction of sp³-hybridized carbons (Fsp3) is 0.667. The highest BCUT2D eigenvalue weighted by Crippen LogP contribution is 2.27. The summed E-state index contributed by atoms with van der Waals surface area (Å²) in [6, 6.07) is 3.74. The summed E-state index contributed by atoms with van der Waals surface area (Å²) in [5, 5.41) is 6.26. The molecular formula is C15H23N3O3S2. The number of rotatable bonds is 6. The number of sulfonamides is 1. The van der Waals surface area contributed by atoms with Gasteiger partial charge in [0.05, 0.1) is 6.42 Å². The van der Waals surface area contributed by atoms with Crippen molar-refractivity contribution in [2.24, 2.45) is 0 Å². The molecule has 0 aromatic carbocycles. The van der Waals surface area contributed by atoms with Crippen LogP contribution in [-0.4, -0.2) is 50.9 Å². The molecule has 0 aliphatic carbocycles. The normalized spacial score (nSPS) is 22.5. The van der Waals surface area contributed by atoms with Crippen molar-refractivity contribution in [3.05, 3.63) is 17.0 Å². The number of carbonyl (C=O) groups excluding carboxylic acids is 1. The van der Waals surface area contributed by atoms with E-state index in [1.807, 2.05) is 0 Å². The van der Waals surface area contributed by atoms with Crippen molar-refractivity contribution >= 4 is 27.3 Å². The van der Waals surface area contributed by atoms with Gasteiger partial charge in [-0.05, 0) is 44.4 Å². The molecule has 23 heavy (non-hydrogen) atoms. The van der Waals surface area contributed by atoms with Crippen molar-refractivity contribution in [3.8, 4) is 0 Å². The third-order valence-corrected chi connectivity index (χ3v) is 7.79. The molecule has 8 heteroatoms. The van der Waals surface area contributed by atoms with Crippen LogP contribution in [0.3, 0.4) is 0 Å². The lowest BCUT2D eigenvalue weighted by atomic mass is 10.2. The molecule has 1 aromatic rings. The first kappa shape index (κ1) is 16.9. The Kier molecular flexibility index (Phi) is 5.35. The number of hydrogen-bond donors (Lipinski definition) is 2. The minimum Gasteiger partial charge on any atom is -0.354 e. The Morgan fingerprint density at radius 2 is 2.09 bits per heavy atom. The average Bonchev–Trinajstić information content (AvgIpc) is 3.26. The van der Waals surface area contributed by atoms with Gasteiger partial charge in [-0.2, -0.15) is 4.31 Å². The largest absolute Gasteiger partial charge is 0.354 e. The van der Waals surface area contributed by atoms with Crippen molar-refractivity contribution < 1.29 is 13.2 Å². The van der Waals surface area contributed by atoms with E-state index in [9.17, 15) is 13.2 Å². The first-order valence-corrected chi connectivity index (χ1v) is 10.4. The van der Waals surface area contributed by atoms with Gasteiger partial charge in [-0.25, -0.2) is 8.42 Å². The molecule has 0 spiro atoms. The standard InChI is InChI=1S/C15H23N3O3S2/c19-14(17-11-12-4-3-7-16-12)10-13-5-6-15(22-13)23(20,21)18-8-1-2-9-18/h5-6,12,16H,1-4,7-11H2,(H,17,19). The SMILES string of the molecule is O=C(Cc1ccc(S(=O)(=O)N2CCCC2)s1)NCC1CCCN1. The number of hydrogen-bond acceptors (Lipinski definition) is 5. The third kappa shape index (κ3) is 4.12. The van der Waals surface area contributed by atoms with E-state index in [-0.39, 0.29) is 12.3 Å². The van der Waals surface area contributed by atoms with Crippen LogP contribution in [0.4, 0.5) is 0 Å². The van der Waals surface area contributed by atoms with E-state index in [1.54, 1.807) is 12.1 Å². The minimum atomic E-state index is -3.37. The Morgan fingerprint density at radius 3 is 2.78 bits per heavy atom. The molecule has 1 atom stereocenters.